The van der Waals surface area contributed by atoms with Crippen LogP contribution in [-0.4, -0.2) is 18.3 Å². The summed E-state index contributed by atoms with van der Waals surface area (Å²) in [5.74, 6) is 0. The summed E-state index contributed by atoms with van der Waals surface area (Å²) in [6.45, 7) is 9.41. The van der Waals surface area contributed by atoms with Crippen molar-refractivity contribution in [1.29, 1.82) is 10.5 Å². The SMILES string of the molecule is CC1(C)c2ccccc2-c2ccc3c(c21)c1ccccc1n3-c1c(C#N)c(-n2c3ccccc3c3ccccc32)c(C#N)c(-n2c3ccccc3c3c4c(ccc32)-c2ccccc2C4(C)C)c1-n1c2ccccc2c2ccccc21. The Balaban J connectivity index is 1.17. The maximum atomic E-state index is 12.7. The number of fused-ring (bicyclic) bond motifs is 20. The maximum absolute atomic E-state index is 12.7. The molecule has 0 unspecified atom stereocenters. The van der Waals surface area contributed by atoms with E-state index < -0.39 is 0 Å². The Labute approximate surface area is 461 Å². The zero-order chi connectivity index (χ0) is 53.5. The number of nitrogens with zero attached hydrogens (tertiary/aromatic N) is 6. The van der Waals surface area contributed by atoms with E-state index in [-0.39, 0.29) is 10.8 Å². The first-order valence-electron chi connectivity index (χ1n) is 27.6. The summed E-state index contributed by atoms with van der Waals surface area (Å²) in [7, 11) is 0. The van der Waals surface area contributed by atoms with Crippen LogP contribution >= 0.6 is 0 Å². The van der Waals surface area contributed by atoms with Gasteiger partial charge in [-0.05, 0) is 93.0 Å². The molecule has 2 aliphatic carbocycles. The number of para-hydroxylation sites is 6. The van der Waals surface area contributed by atoms with E-state index in [0.29, 0.717) is 28.2 Å². The summed E-state index contributed by atoms with van der Waals surface area (Å²) >= 11 is 0. The minimum atomic E-state index is -0.352. The fourth-order valence-corrected chi connectivity index (χ4v) is 15.3. The summed E-state index contributed by atoms with van der Waals surface area (Å²) in [5.41, 5.74) is 20.4. The number of hydrogen-bond acceptors (Lipinski definition) is 2. The van der Waals surface area contributed by atoms with Crippen LogP contribution in [0.25, 0.3) is 132 Å². The van der Waals surface area contributed by atoms with E-state index in [1.807, 2.05) is 0 Å². The number of nitriles is 2. The summed E-state index contributed by atoms with van der Waals surface area (Å²) in [5, 5.41) is 34.1. The second-order valence-corrected chi connectivity index (χ2v) is 22.9. The van der Waals surface area contributed by atoms with Gasteiger partial charge in [0, 0.05) is 53.9 Å². The molecule has 4 heterocycles. The lowest BCUT2D eigenvalue weighted by molar-refractivity contribution is 0.666. The Morgan fingerprint density at radius 1 is 0.275 bits per heavy atom. The molecule has 0 bridgehead atoms. The number of benzene rings is 11. The van der Waals surface area contributed by atoms with Crippen LogP contribution in [0.15, 0.2) is 218 Å². The molecule has 0 atom stereocenters. The molecule has 15 aromatic rings. The molecule has 0 saturated carbocycles. The van der Waals surface area contributed by atoms with Crippen molar-refractivity contribution in [2.45, 2.75) is 38.5 Å². The molecule has 0 aliphatic heterocycles. The van der Waals surface area contributed by atoms with Gasteiger partial charge in [0.15, 0.2) is 0 Å². The highest BCUT2D eigenvalue weighted by molar-refractivity contribution is 6.19. The van der Waals surface area contributed by atoms with Crippen molar-refractivity contribution in [3.63, 3.8) is 0 Å². The van der Waals surface area contributed by atoms with Crippen LogP contribution in [0.3, 0.4) is 0 Å². The monoisotopic (exact) mass is 1020 g/mol. The molecule has 17 rings (SSSR count). The van der Waals surface area contributed by atoms with Gasteiger partial charge in [-0.1, -0.05) is 198 Å². The zero-order valence-corrected chi connectivity index (χ0v) is 44.5. The van der Waals surface area contributed by atoms with Crippen LogP contribution in [0, 0.1) is 22.7 Å². The van der Waals surface area contributed by atoms with Gasteiger partial charge in [-0.15, -0.1) is 0 Å². The van der Waals surface area contributed by atoms with Crippen molar-refractivity contribution < 1.29 is 0 Å². The fourth-order valence-electron chi connectivity index (χ4n) is 15.3. The molecular formula is C74H48N6. The predicted molar refractivity (Wildman–Crippen MR) is 328 cm³/mol. The normalized spacial score (nSPS) is 13.9. The van der Waals surface area contributed by atoms with Crippen molar-refractivity contribution in [2.24, 2.45) is 0 Å². The Kier molecular flexibility index (Phi) is 8.74. The largest absolute Gasteiger partial charge is 0.306 e. The molecule has 2 aliphatic rings. The summed E-state index contributed by atoms with van der Waals surface area (Å²) < 4.78 is 9.35. The fraction of sp³-hybridized carbons (Fsp3) is 0.0811. The Morgan fingerprint density at radius 2 is 0.562 bits per heavy atom. The number of hydrogen-bond donors (Lipinski definition) is 0. The van der Waals surface area contributed by atoms with Crippen LogP contribution in [0.2, 0.25) is 0 Å². The summed E-state index contributed by atoms with van der Waals surface area (Å²) in [4.78, 5) is 0. The first-order valence-corrected chi connectivity index (χ1v) is 27.6. The summed E-state index contributed by atoms with van der Waals surface area (Å²) in [6, 6.07) is 84.2. The van der Waals surface area contributed by atoms with E-state index in [4.69, 9.17) is 0 Å². The van der Waals surface area contributed by atoms with Crippen molar-refractivity contribution in [2.75, 3.05) is 0 Å². The van der Waals surface area contributed by atoms with Crippen LogP contribution < -0.4 is 0 Å². The second-order valence-electron chi connectivity index (χ2n) is 22.9. The maximum Gasteiger partial charge on any atom is 0.104 e. The van der Waals surface area contributed by atoms with Crippen LogP contribution in [0.5, 0.6) is 0 Å². The van der Waals surface area contributed by atoms with Crippen LogP contribution in [0.1, 0.15) is 61.1 Å². The average molecular weight is 1020 g/mol. The van der Waals surface area contributed by atoms with E-state index >= 15 is 0 Å². The third-order valence-corrected chi connectivity index (χ3v) is 18.4. The minimum absolute atomic E-state index is 0.352. The molecular weight excluding hydrogens is 973 g/mol. The molecule has 6 nitrogen and oxygen atoms in total. The van der Waals surface area contributed by atoms with Gasteiger partial charge >= 0.3 is 0 Å². The van der Waals surface area contributed by atoms with Crippen molar-refractivity contribution in [3.05, 3.63) is 252 Å². The van der Waals surface area contributed by atoms with E-state index in [0.717, 1.165) is 92.9 Å². The van der Waals surface area contributed by atoms with Gasteiger partial charge in [0.1, 0.15) is 23.3 Å². The number of rotatable bonds is 4. The Bertz CT molecular complexity index is 5070. The predicted octanol–water partition coefficient (Wildman–Crippen LogP) is 18.4. The van der Waals surface area contributed by atoms with Gasteiger partial charge in [-0.2, -0.15) is 10.5 Å². The van der Waals surface area contributed by atoms with E-state index in [1.54, 1.807) is 0 Å². The molecule has 80 heavy (non-hydrogen) atoms. The molecule has 0 fully saturated rings. The average Bonchev–Trinajstić information content (AvgIpc) is 4.36. The van der Waals surface area contributed by atoms with Gasteiger partial charge in [0.25, 0.3) is 0 Å². The van der Waals surface area contributed by atoms with Crippen molar-refractivity contribution in [3.8, 4) is 57.1 Å². The van der Waals surface area contributed by atoms with Gasteiger partial charge in [0.05, 0.1) is 66.9 Å². The van der Waals surface area contributed by atoms with Crippen molar-refractivity contribution >= 4 is 87.2 Å². The Hall–Kier alpha value is -10.4. The van der Waals surface area contributed by atoms with Gasteiger partial charge in [0.2, 0.25) is 0 Å². The highest BCUT2D eigenvalue weighted by atomic mass is 15.1. The molecule has 11 aromatic carbocycles. The molecule has 0 amide bonds. The van der Waals surface area contributed by atoms with Crippen LogP contribution in [0.4, 0.5) is 0 Å². The molecule has 0 saturated heterocycles. The van der Waals surface area contributed by atoms with Gasteiger partial charge in [-0.25, -0.2) is 0 Å². The third-order valence-electron chi connectivity index (χ3n) is 18.4. The minimum Gasteiger partial charge on any atom is -0.306 e. The molecule has 0 N–H and O–H groups in total. The van der Waals surface area contributed by atoms with Crippen LogP contribution in [-0.2, 0) is 10.8 Å². The highest BCUT2D eigenvalue weighted by Gasteiger charge is 2.42. The first kappa shape index (κ1) is 44.7. The lowest BCUT2D eigenvalue weighted by atomic mass is 9.80. The van der Waals surface area contributed by atoms with Crippen molar-refractivity contribution in [1.82, 2.24) is 18.3 Å². The first-order chi connectivity index (χ1) is 39.2. The topological polar surface area (TPSA) is 67.3 Å². The zero-order valence-electron chi connectivity index (χ0n) is 44.5. The van der Waals surface area contributed by atoms with E-state index in [1.165, 1.54) is 44.5 Å². The second kappa shape index (κ2) is 15.6. The molecule has 6 heteroatoms. The van der Waals surface area contributed by atoms with E-state index in [2.05, 4.69) is 276 Å². The third kappa shape index (κ3) is 5.40. The lowest BCUT2D eigenvalue weighted by Gasteiger charge is -2.27. The van der Waals surface area contributed by atoms with E-state index in [9.17, 15) is 10.5 Å². The standard InChI is InChI=1S/C74H48N6/c1-73(2)55-29-13-5-21-43(55)49-37-39-63-65(67(49)73)51-27-11-19-35-61(51)79(63)70-53(41-75)69(77-57-31-15-7-23-45(57)46-24-8-16-32-58(46)77)54(42-76)71(72(70)78-59-33-17-9-25-47(59)48-26-10-18-34-60(48)78)80-62-36-20-12-28-52(62)66-64(80)40-38-50-44-22-6-14-30-56(44)74(3,4)68(50)66/h5-40H,1-4H3. The smallest absolute Gasteiger partial charge is 0.104 e. The number of aromatic nitrogens is 4. The lowest BCUT2D eigenvalue weighted by Crippen LogP contribution is -2.17. The highest BCUT2D eigenvalue weighted by Crippen LogP contribution is 2.57. The van der Waals surface area contributed by atoms with Gasteiger partial charge < -0.3 is 18.3 Å². The summed E-state index contributed by atoms with van der Waals surface area (Å²) in [6.07, 6.45) is 0. The molecule has 0 radical (unpaired) electrons. The molecule has 4 aromatic heterocycles. The quantitative estimate of drug-likeness (QED) is 0.176. The Morgan fingerprint density at radius 3 is 0.925 bits per heavy atom. The molecule has 0 spiro atoms. The van der Waals surface area contributed by atoms with Gasteiger partial charge in [-0.3, -0.25) is 0 Å². The molecule has 374 valence electrons.